The summed E-state index contributed by atoms with van der Waals surface area (Å²) in [6.07, 6.45) is 9.01. The van der Waals surface area contributed by atoms with E-state index in [1.807, 2.05) is 12.4 Å². The van der Waals surface area contributed by atoms with Gasteiger partial charge >= 0.3 is 0 Å². The lowest BCUT2D eigenvalue weighted by atomic mass is 10.1. The van der Waals surface area contributed by atoms with Gasteiger partial charge < -0.3 is 10.2 Å². The molecule has 1 N–H and O–H groups in total. The minimum absolute atomic E-state index is 0.568. The Kier molecular flexibility index (Phi) is 4.59. The molecule has 0 radical (unpaired) electrons. The molecule has 3 nitrogen and oxygen atoms in total. The zero-order valence-corrected chi connectivity index (χ0v) is 11.8. The Hall–Kier alpha value is -1.09. The summed E-state index contributed by atoms with van der Waals surface area (Å²) in [4.78, 5) is 6.64. The zero-order valence-electron chi connectivity index (χ0n) is 11.8. The van der Waals surface area contributed by atoms with E-state index >= 15 is 0 Å². The van der Waals surface area contributed by atoms with Crippen LogP contribution >= 0.6 is 0 Å². The van der Waals surface area contributed by atoms with Crippen molar-refractivity contribution < 1.29 is 0 Å². The topological polar surface area (TPSA) is 28.2 Å². The Labute approximate surface area is 111 Å². The van der Waals surface area contributed by atoms with Crippen molar-refractivity contribution in [1.82, 2.24) is 10.3 Å². The van der Waals surface area contributed by atoms with Crippen LogP contribution in [0.4, 0.5) is 5.69 Å². The molecule has 1 aromatic rings. The first kappa shape index (κ1) is 13.3. The average molecular weight is 247 g/mol. The summed E-state index contributed by atoms with van der Waals surface area (Å²) in [5.41, 5.74) is 2.63. The largest absolute Gasteiger partial charge is 0.370 e. The molecule has 1 aliphatic rings. The van der Waals surface area contributed by atoms with Crippen LogP contribution in [0.15, 0.2) is 18.5 Å². The highest BCUT2D eigenvalue weighted by atomic mass is 15.1. The van der Waals surface area contributed by atoms with Crippen LogP contribution in [0.5, 0.6) is 0 Å². The van der Waals surface area contributed by atoms with Crippen molar-refractivity contribution in [3.8, 4) is 0 Å². The smallest absolute Gasteiger partial charge is 0.0598 e. The maximum atomic E-state index is 4.28. The standard InChI is InChI=1S/C15H25N3/c1-4-5-12(2)18(3)15-11-16-9-8-13(15)10-17-14-6-7-14/h8-9,11-12,14,17H,4-7,10H2,1-3H3. The molecule has 1 aromatic heterocycles. The number of nitrogens with one attached hydrogen (secondary N) is 1. The molecular formula is C15H25N3. The fourth-order valence-corrected chi connectivity index (χ4v) is 2.27. The van der Waals surface area contributed by atoms with Crippen molar-refractivity contribution >= 4 is 5.69 Å². The highest BCUT2D eigenvalue weighted by Gasteiger charge is 2.21. The summed E-state index contributed by atoms with van der Waals surface area (Å²) >= 11 is 0. The van der Waals surface area contributed by atoms with Crippen molar-refractivity contribution in [2.45, 2.75) is 58.2 Å². The van der Waals surface area contributed by atoms with Crippen LogP contribution in [0.1, 0.15) is 45.1 Å². The van der Waals surface area contributed by atoms with Gasteiger partial charge in [-0.25, -0.2) is 0 Å². The molecule has 0 spiro atoms. The van der Waals surface area contributed by atoms with E-state index in [0.717, 1.165) is 12.6 Å². The summed E-state index contributed by atoms with van der Waals surface area (Å²) in [5.74, 6) is 0. The molecule has 0 saturated heterocycles. The molecular weight excluding hydrogens is 222 g/mol. The Bertz CT molecular complexity index is 374. The molecule has 1 atom stereocenters. The van der Waals surface area contributed by atoms with E-state index in [2.05, 4.69) is 42.2 Å². The molecule has 0 aliphatic heterocycles. The second-order valence-corrected chi connectivity index (χ2v) is 5.41. The van der Waals surface area contributed by atoms with Crippen LogP contribution in [-0.2, 0) is 6.54 Å². The molecule has 100 valence electrons. The van der Waals surface area contributed by atoms with Gasteiger partial charge in [0.05, 0.1) is 11.9 Å². The van der Waals surface area contributed by atoms with Gasteiger partial charge in [0.25, 0.3) is 0 Å². The molecule has 3 heteroatoms. The Morgan fingerprint density at radius 3 is 2.94 bits per heavy atom. The predicted molar refractivity (Wildman–Crippen MR) is 76.9 cm³/mol. The van der Waals surface area contributed by atoms with Gasteiger partial charge in [-0.15, -0.1) is 0 Å². The van der Waals surface area contributed by atoms with Crippen LogP contribution in [-0.4, -0.2) is 24.1 Å². The molecule has 1 saturated carbocycles. The minimum atomic E-state index is 0.568. The molecule has 0 bridgehead atoms. The minimum Gasteiger partial charge on any atom is -0.370 e. The quantitative estimate of drug-likeness (QED) is 0.803. The first-order chi connectivity index (χ1) is 8.72. The number of hydrogen-bond donors (Lipinski definition) is 1. The van der Waals surface area contributed by atoms with E-state index in [-0.39, 0.29) is 0 Å². The molecule has 2 rings (SSSR count). The first-order valence-electron chi connectivity index (χ1n) is 7.11. The number of pyridine rings is 1. The lowest BCUT2D eigenvalue weighted by Crippen LogP contribution is -2.30. The number of anilines is 1. The third-order valence-corrected chi connectivity index (χ3v) is 3.79. The molecule has 1 aliphatic carbocycles. The fourth-order valence-electron chi connectivity index (χ4n) is 2.27. The maximum Gasteiger partial charge on any atom is 0.0598 e. The van der Waals surface area contributed by atoms with Crippen LogP contribution in [0.3, 0.4) is 0 Å². The highest BCUT2D eigenvalue weighted by molar-refractivity contribution is 5.51. The van der Waals surface area contributed by atoms with Gasteiger partial charge in [0.2, 0.25) is 0 Å². The summed E-state index contributed by atoms with van der Waals surface area (Å²) in [6.45, 7) is 5.49. The van der Waals surface area contributed by atoms with Crippen molar-refractivity contribution in [3.05, 3.63) is 24.0 Å². The molecule has 1 heterocycles. The van der Waals surface area contributed by atoms with Gasteiger partial charge in [-0.1, -0.05) is 13.3 Å². The number of hydrogen-bond acceptors (Lipinski definition) is 3. The molecule has 18 heavy (non-hydrogen) atoms. The van der Waals surface area contributed by atoms with Gasteiger partial charge in [0.1, 0.15) is 0 Å². The van der Waals surface area contributed by atoms with Crippen LogP contribution in [0.25, 0.3) is 0 Å². The summed E-state index contributed by atoms with van der Waals surface area (Å²) < 4.78 is 0. The monoisotopic (exact) mass is 247 g/mol. The lowest BCUT2D eigenvalue weighted by molar-refractivity contribution is 0.609. The van der Waals surface area contributed by atoms with E-state index in [0.29, 0.717) is 6.04 Å². The van der Waals surface area contributed by atoms with E-state index in [4.69, 9.17) is 0 Å². The van der Waals surface area contributed by atoms with Crippen molar-refractivity contribution in [2.75, 3.05) is 11.9 Å². The second kappa shape index (κ2) is 6.19. The third kappa shape index (κ3) is 3.45. The molecule has 1 unspecified atom stereocenters. The zero-order chi connectivity index (χ0) is 13.0. The van der Waals surface area contributed by atoms with Crippen molar-refractivity contribution in [1.29, 1.82) is 0 Å². The van der Waals surface area contributed by atoms with E-state index in [1.165, 1.54) is 36.9 Å². The summed E-state index contributed by atoms with van der Waals surface area (Å²) in [6, 6.07) is 3.46. The number of rotatable bonds is 7. The van der Waals surface area contributed by atoms with E-state index in [1.54, 1.807) is 0 Å². The number of aromatic nitrogens is 1. The Morgan fingerprint density at radius 1 is 1.50 bits per heavy atom. The fraction of sp³-hybridized carbons (Fsp3) is 0.667. The van der Waals surface area contributed by atoms with E-state index < -0.39 is 0 Å². The van der Waals surface area contributed by atoms with Crippen molar-refractivity contribution in [3.63, 3.8) is 0 Å². The molecule has 1 fully saturated rings. The Balaban J connectivity index is 2.04. The van der Waals surface area contributed by atoms with Gasteiger partial charge in [-0.2, -0.15) is 0 Å². The van der Waals surface area contributed by atoms with Crippen LogP contribution in [0, 0.1) is 0 Å². The van der Waals surface area contributed by atoms with Gasteiger partial charge in [0.15, 0.2) is 0 Å². The maximum absolute atomic E-state index is 4.28. The van der Waals surface area contributed by atoms with E-state index in [9.17, 15) is 0 Å². The SMILES string of the molecule is CCCC(C)N(C)c1cnccc1CNC1CC1. The van der Waals surface area contributed by atoms with Crippen LogP contribution in [0.2, 0.25) is 0 Å². The van der Waals surface area contributed by atoms with Crippen molar-refractivity contribution in [2.24, 2.45) is 0 Å². The van der Waals surface area contributed by atoms with Crippen LogP contribution < -0.4 is 10.2 Å². The third-order valence-electron chi connectivity index (χ3n) is 3.79. The Morgan fingerprint density at radius 2 is 2.28 bits per heavy atom. The lowest BCUT2D eigenvalue weighted by Gasteiger charge is -2.28. The summed E-state index contributed by atoms with van der Waals surface area (Å²) in [7, 11) is 2.18. The van der Waals surface area contributed by atoms with Gasteiger partial charge in [0, 0.05) is 31.9 Å². The highest BCUT2D eigenvalue weighted by Crippen LogP contribution is 2.24. The first-order valence-corrected chi connectivity index (χ1v) is 7.11. The van der Waals surface area contributed by atoms with Gasteiger partial charge in [-0.3, -0.25) is 4.98 Å². The summed E-state index contributed by atoms with van der Waals surface area (Å²) in [5, 5.41) is 3.58. The normalized spacial score (nSPS) is 16.6. The number of nitrogens with zero attached hydrogens (tertiary/aromatic N) is 2. The second-order valence-electron chi connectivity index (χ2n) is 5.41. The predicted octanol–water partition coefficient (Wildman–Crippen LogP) is 2.96. The molecule has 0 amide bonds. The van der Waals surface area contributed by atoms with Gasteiger partial charge in [-0.05, 0) is 37.8 Å². The average Bonchev–Trinajstić information content (AvgIpc) is 3.20. The molecule has 0 aromatic carbocycles.